The lowest BCUT2D eigenvalue weighted by Gasteiger charge is -2.09. The summed E-state index contributed by atoms with van der Waals surface area (Å²) in [6.45, 7) is 2.01. The van der Waals surface area contributed by atoms with Crippen LogP contribution in [0.3, 0.4) is 0 Å². The van der Waals surface area contributed by atoms with Crippen LogP contribution in [0.25, 0.3) is 0 Å². The summed E-state index contributed by atoms with van der Waals surface area (Å²) in [4.78, 5) is 10.2. The molecular weight excluding hydrogens is 196 g/mol. The van der Waals surface area contributed by atoms with Gasteiger partial charge in [0, 0.05) is 11.6 Å². The standard InChI is InChI=1S/C10H14N2O3/c1-7-2-3-8(10(13)4-5-11)6-9(7)12(14)15/h2-3,6,10,13H,4-5,11H2,1H3/t10-/m0/s1. The molecule has 0 heterocycles. The molecule has 3 N–H and O–H groups in total. The fraction of sp³-hybridized carbons (Fsp3) is 0.400. The van der Waals surface area contributed by atoms with Crippen LogP contribution in [0.5, 0.6) is 0 Å². The predicted molar refractivity (Wildman–Crippen MR) is 56.5 cm³/mol. The van der Waals surface area contributed by atoms with Gasteiger partial charge in [-0.25, -0.2) is 0 Å². The van der Waals surface area contributed by atoms with Gasteiger partial charge in [0.1, 0.15) is 0 Å². The van der Waals surface area contributed by atoms with E-state index < -0.39 is 11.0 Å². The summed E-state index contributed by atoms with van der Waals surface area (Å²) < 4.78 is 0. The molecule has 1 aromatic carbocycles. The van der Waals surface area contributed by atoms with Gasteiger partial charge in [-0.15, -0.1) is 0 Å². The van der Waals surface area contributed by atoms with E-state index >= 15 is 0 Å². The molecular formula is C10H14N2O3. The van der Waals surface area contributed by atoms with E-state index in [4.69, 9.17) is 5.73 Å². The van der Waals surface area contributed by atoms with Crippen LogP contribution in [0.15, 0.2) is 18.2 Å². The van der Waals surface area contributed by atoms with E-state index in [1.54, 1.807) is 19.1 Å². The van der Waals surface area contributed by atoms with E-state index in [0.717, 1.165) is 0 Å². The number of aliphatic hydroxyl groups excluding tert-OH is 1. The number of hydrogen-bond donors (Lipinski definition) is 2. The van der Waals surface area contributed by atoms with Crippen molar-refractivity contribution in [3.63, 3.8) is 0 Å². The largest absolute Gasteiger partial charge is 0.388 e. The number of rotatable bonds is 4. The smallest absolute Gasteiger partial charge is 0.272 e. The van der Waals surface area contributed by atoms with Gasteiger partial charge in [-0.3, -0.25) is 10.1 Å². The Morgan fingerprint density at radius 1 is 1.60 bits per heavy atom. The third-order valence-electron chi connectivity index (χ3n) is 2.25. The zero-order valence-electron chi connectivity index (χ0n) is 8.51. The highest BCUT2D eigenvalue weighted by Crippen LogP contribution is 2.24. The Labute approximate surface area is 87.7 Å². The van der Waals surface area contributed by atoms with Crippen LogP contribution in [0.1, 0.15) is 23.7 Å². The molecule has 0 aliphatic carbocycles. The third-order valence-corrected chi connectivity index (χ3v) is 2.25. The minimum absolute atomic E-state index is 0.0311. The van der Waals surface area contributed by atoms with Crippen LogP contribution in [0.2, 0.25) is 0 Å². The van der Waals surface area contributed by atoms with E-state index in [2.05, 4.69) is 0 Å². The van der Waals surface area contributed by atoms with Crippen LogP contribution in [0, 0.1) is 17.0 Å². The molecule has 5 nitrogen and oxygen atoms in total. The van der Waals surface area contributed by atoms with Crippen molar-refractivity contribution in [1.82, 2.24) is 0 Å². The van der Waals surface area contributed by atoms with Crippen molar-refractivity contribution in [3.8, 4) is 0 Å². The Hall–Kier alpha value is -1.46. The second-order valence-corrected chi connectivity index (χ2v) is 3.40. The SMILES string of the molecule is Cc1ccc([C@@H](O)CCN)cc1[N+](=O)[O-]. The summed E-state index contributed by atoms with van der Waals surface area (Å²) in [6.07, 6.45) is -0.325. The first-order valence-corrected chi connectivity index (χ1v) is 4.69. The summed E-state index contributed by atoms with van der Waals surface area (Å²) in [5.41, 5.74) is 6.46. The summed E-state index contributed by atoms with van der Waals surface area (Å²) in [5, 5.41) is 20.3. The average Bonchev–Trinajstić information content (AvgIpc) is 2.18. The van der Waals surface area contributed by atoms with Gasteiger partial charge in [-0.05, 0) is 25.5 Å². The number of aliphatic hydroxyl groups is 1. The molecule has 1 aromatic rings. The van der Waals surface area contributed by atoms with Crippen LogP contribution in [0.4, 0.5) is 5.69 Å². The fourth-order valence-electron chi connectivity index (χ4n) is 1.35. The van der Waals surface area contributed by atoms with Gasteiger partial charge in [0.15, 0.2) is 0 Å². The van der Waals surface area contributed by atoms with Gasteiger partial charge < -0.3 is 10.8 Å². The molecule has 1 atom stereocenters. The molecule has 0 unspecified atom stereocenters. The van der Waals surface area contributed by atoms with E-state index in [1.807, 2.05) is 0 Å². The molecule has 0 aliphatic heterocycles. The molecule has 82 valence electrons. The Morgan fingerprint density at radius 2 is 2.27 bits per heavy atom. The van der Waals surface area contributed by atoms with Gasteiger partial charge in [0.25, 0.3) is 5.69 Å². The van der Waals surface area contributed by atoms with Gasteiger partial charge in [-0.1, -0.05) is 12.1 Å². The van der Waals surface area contributed by atoms with Crippen molar-refractivity contribution in [3.05, 3.63) is 39.4 Å². The number of hydrogen-bond acceptors (Lipinski definition) is 4. The van der Waals surface area contributed by atoms with Crippen LogP contribution in [-0.2, 0) is 0 Å². The highest BCUT2D eigenvalue weighted by Gasteiger charge is 2.14. The number of aryl methyl sites for hydroxylation is 1. The maximum atomic E-state index is 10.7. The second kappa shape index (κ2) is 4.86. The molecule has 0 radical (unpaired) electrons. The predicted octanol–water partition coefficient (Wildman–Crippen LogP) is 1.29. The summed E-state index contributed by atoms with van der Waals surface area (Å²) >= 11 is 0. The maximum Gasteiger partial charge on any atom is 0.272 e. The summed E-state index contributed by atoms with van der Waals surface area (Å²) in [7, 11) is 0. The first-order valence-electron chi connectivity index (χ1n) is 4.69. The van der Waals surface area contributed by atoms with Crippen molar-refractivity contribution in [2.45, 2.75) is 19.4 Å². The van der Waals surface area contributed by atoms with Gasteiger partial charge in [0.05, 0.1) is 11.0 Å². The minimum atomic E-state index is -0.728. The van der Waals surface area contributed by atoms with Crippen molar-refractivity contribution in [2.75, 3.05) is 6.54 Å². The Balaban J connectivity index is 3.02. The van der Waals surface area contributed by atoms with Crippen LogP contribution >= 0.6 is 0 Å². The highest BCUT2D eigenvalue weighted by molar-refractivity contribution is 5.43. The Kier molecular flexibility index (Phi) is 3.76. The number of nitro benzene ring substituents is 1. The van der Waals surface area contributed by atoms with Crippen molar-refractivity contribution >= 4 is 5.69 Å². The normalized spacial score (nSPS) is 12.5. The molecule has 1 rings (SSSR count). The second-order valence-electron chi connectivity index (χ2n) is 3.40. The van der Waals surface area contributed by atoms with Crippen LogP contribution in [-0.4, -0.2) is 16.6 Å². The zero-order chi connectivity index (χ0) is 11.4. The van der Waals surface area contributed by atoms with E-state index in [9.17, 15) is 15.2 Å². The minimum Gasteiger partial charge on any atom is -0.388 e. The number of nitro groups is 1. The van der Waals surface area contributed by atoms with Gasteiger partial charge >= 0.3 is 0 Å². The molecule has 15 heavy (non-hydrogen) atoms. The highest BCUT2D eigenvalue weighted by atomic mass is 16.6. The number of nitrogens with zero attached hydrogens (tertiary/aromatic N) is 1. The monoisotopic (exact) mass is 210 g/mol. The third kappa shape index (κ3) is 2.74. The summed E-state index contributed by atoms with van der Waals surface area (Å²) in [5.74, 6) is 0. The molecule has 0 aromatic heterocycles. The van der Waals surface area contributed by atoms with Crippen LogP contribution < -0.4 is 5.73 Å². The molecule has 0 saturated heterocycles. The first-order chi connectivity index (χ1) is 7.06. The molecule has 0 saturated carbocycles. The molecule has 0 spiro atoms. The molecule has 0 bridgehead atoms. The van der Waals surface area contributed by atoms with Gasteiger partial charge in [0.2, 0.25) is 0 Å². The molecule has 0 fully saturated rings. The lowest BCUT2D eigenvalue weighted by molar-refractivity contribution is -0.385. The Morgan fingerprint density at radius 3 is 2.80 bits per heavy atom. The maximum absolute atomic E-state index is 10.7. The Bertz CT molecular complexity index is 366. The molecule has 5 heteroatoms. The van der Waals surface area contributed by atoms with Crippen molar-refractivity contribution in [1.29, 1.82) is 0 Å². The quantitative estimate of drug-likeness (QED) is 0.578. The lowest BCUT2D eigenvalue weighted by Crippen LogP contribution is -2.07. The van der Waals surface area contributed by atoms with E-state index in [1.165, 1.54) is 6.07 Å². The molecule has 0 aliphatic rings. The van der Waals surface area contributed by atoms with E-state index in [-0.39, 0.29) is 5.69 Å². The summed E-state index contributed by atoms with van der Waals surface area (Å²) in [6, 6.07) is 4.71. The first kappa shape index (κ1) is 11.6. The topological polar surface area (TPSA) is 89.4 Å². The molecule has 0 amide bonds. The fourth-order valence-corrected chi connectivity index (χ4v) is 1.35. The average molecular weight is 210 g/mol. The number of benzene rings is 1. The van der Waals surface area contributed by atoms with Crippen molar-refractivity contribution in [2.24, 2.45) is 5.73 Å². The van der Waals surface area contributed by atoms with Gasteiger partial charge in [-0.2, -0.15) is 0 Å². The van der Waals surface area contributed by atoms with E-state index in [0.29, 0.717) is 24.1 Å². The van der Waals surface area contributed by atoms with Crippen molar-refractivity contribution < 1.29 is 10.0 Å². The number of nitrogens with two attached hydrogens (primary N) is 1. The zero-order valence-corrected chi connectivity index (χ0v) is 8.51. The lowest BCUT2D eigenvalue weighted by atomic mass is 10.0.